The van der Waals surface area contributed by atoms with E-state index in [9.17, 15) is 9.59 Å². The molecule has 23 heavy (non-hydrogen) atoms. The van der Waals surface area contributed by atoms with Crippen molar-refractivity contribution in [1.29, 1.82) is 0 Å². The zero-order valence-corrected chi connectivity index (χ0v) is 12.7. The topological polar surface area (TPSA) is 90.5 Å². The maximum absolute atomic E-state index is 11.9. The van der Waals surface area contributed by atoms with Gasteiger partial charge in [0.2, 0.25) is 0 Å². The van der Waals surface area contributed by atoms with E-state index in [-0.39, 0.29) is 12.1 Å². The van der Waals surface area contributed by atoms with Crippen molar-refractivity contribution >= 4 is 11.9 Å². The molecule has 120 valence electrons. The van der Waals surface area contributed by atoms with Gasteiger partial charge in [0.15, 0.2) is 0 Å². The van der Waals surface area contributed by atoms with Gasteiger partial charge in [-0.2, -0.15) is 0 Å². The molecule has 0 aromatic heterocycles. The molecule has 3 amide bonds. The molecular weight excluding hydrogens is 294 g/mol. The minimum atomic E-state index is -0.572. The highest BCUT2D eigenvalue weighted by Crippen LogP contribution is 2.13. The van der Waals surface area contributed by atoms with Crippen molar-refractivity contribution in [3.8, 4) is 0 Å². The minimum absolute atomic E-state index is 0.211. The van der Waals surface area contributed by atoms with Crippen molar-refractivity contribution in [3.63, 3.8) is 0 Å². The molecule has 2 aromatic rings. The predicted molar refractivity (Wildman–Crippen MR) is 85.9 cm³/mol. The number of nitrogens with one attached hydrogen (secondary N) is 3. The second kappa shape index (κ2) is 7.95. The maximum atomic E-state index is 11.9. The van der Waals surface area contributed by atoms with E-state index in [1.165, 1.54) is 0 Å². The minimum Gasteiger partial charge on any atom is -0.334 e. The zero-order chi connectivity index (χ0) is 16.7. The quantitative estimate of drug-likeness (QED) is 0.504. The van der Waals surface area contributed by atoms with E-state index in [2.05, 4.69) is 10.6 Å². The third-order valence-electron chi connectivity index (χ3n) is 3.42. The summed E-state index contributed by atoms with van der Waals surface area (Å²) in [5.41, 5.74) is 3.80. The fourth-order valence-electron chi connectivity index (χ4n) is 2.10. The van der Waals surface area contributed by atoms with Gasteiger partial charge in [0, 0.05) is 12.1 Å². The Morgan fingerprint density at radius 2 is 1.70 bits per heavy atom. The van der Waals surface area contributed by atoms with Crippen molar-refractivity contribution < 1.29 is 14.8 Å². The fourth-order valence-corrected chi connectivity index (χ4v) is 2.10. The number of hydroxylamine groups is 1. The Bertz CT molecular complexity index is 657. The number of rotatable bonds is 5. The lowest BCUT2D eigenvalue weighted by atomic mass is 10.1. The molecule has 0 saturated carbocycles. The standard InChI is InChI=1S/C17H19N3O3/c1-12(14-7-9-15(10-8-14)16(21)20-23)19-17(22)18-11-13-5-3-2-4-6-13/h2-10,12,23H,11H2,1H3,(H,20,21)(H2,18,19,22). The molecule has 1 atom stereocenters. The van der Waals surface area contributed by atoms with Crippen LogP contribution in [0.25, 0.3) is 0 Å². The summed E-state index contributed by atoms with van der Waals surface area (Å²) in [5.74, 6) is -0.572. The molecule has 2 rings (SSSR count). The van der Waals surface area contributed by atoms with E-state index in [1.54, 1.807) is 29.7 Å². The van der Waals surface area contributed by atoms with Crippen molar-refractivity contribution in [2.24, 2.45) is 0 Å². The van der Waals surface area contributed by atoms with Crippen LogP contribution in [0.4, 0.5) is 4.79 Å². The summed E-state index contributed by atoms with van der Waals surface area (Å²) < 4.78 is 0. The number of hydrogen-bond donors (Lipinski definition) is 4. The van der Waals surface area contributed by atoms with Crippen molar-refractivity contribution in [3.05, 3.63) is 71.3 Å². The molecular formula is C17H19N3O3. The van der Waals surface area contributed by atoms with Crippen LogP contribution in [0.5, 0.6) is 0 Å². The van der Waals surface area contributed by atoms with Crippen molar-refractivity contribution in [2.75, 3.05) is 0 Å². The Morgan fingerprint density at radius 1 is 1.04 bits per heavy atom. The number of carbonyl (C=O) groups is 2. The molecule has 4 N–H and O–H groups in total. The van der Waals surface area contributed by atoms with Crippen LogP contribution in [0.2, 0.25) is 0 Å². The first-order chi connectivity index (χ1) is 11.1. The Kier molecular flexibility index (Phi) is 5.71. The highest BCUT2D eigenvalue weighted by Gasteiger charge is 2.10. The molecule has 0 bridgehead atoms. The molecule has 0 heterocycles. The number of amides is 3. The number of benzene rings is 2. The summed E-state index contributed by atoms with van der Waals surface area (Å²) in [7, 11) is 0. The first kappa shape index (κ1) is 16.5. The second-order valence-corrected chi connectivity index (χ2v) is 5.10. The average molecular weight is 313 g/mol. The number of hydrogen-bond acceptors (Lipinski definition) is 3. The van der Waals surface area contributed by atoms with Crippen molar-refractivity contribution in [1.82, 2.24) is 16.1 Å². The molecule has 0 aliphatic carbocycles. The van der Waals surface area contributed by atoms with Gasteiger partial charge in [-0.25, -0.2) is 10.3 Å². The van der Waals surface area contributed by atoms with Crippen LogP contribution < -0.4 is 16.1 Å². The van der Waals surface area contributed by atoms with Gasteiger partial charge in [-0.15, -0.1) is 0 Å². The molecule has 6 heteroatoms. The lowest BCUT2D eigenvalue weighted by Gasteiger charge is -2.15. The van der Waals surface area contributed by atoms with Crippen LogP contribution >= 0.6 is 0 Å². The van der Waals surface area contributed by atoms with E-state index >= 15 is 0 Å². The van der Waals surface area contributed by atoms with Gasteiger partial charge in [-0.05, 0) is 30.2 Å². The molecule has 0 aliphatic heterocycles. The van der Waals surface area contributed by atoms with Crippen LogP contribution in [-0.2, 0) is 6.54 Å². The molecule has 0 saturated heterocycles. The lowest BCUT2D eigenvalue weighted by Crippen LogP contribution is -2.36. The van der Waals surface area contributed by atoms with E-state index in [4.69, 9.17) is 5.21 Å². The largest absolute Gasteiger partial charge is 0.334 e. The van der Waals surface area contributed by atoms with Crippen LogP contribution in [-0.4, -0.2) is 17.1 Å². The Morgan fingerprint density at radius 3 is 2.30 bits per heavy atom. The Labute approximate surface area is 134 Å². The second-order valence-electron chi connectivity index (χ2n) is 5.10. The van der Waals surface area contributed by atoms with Crippen molar-refractivity contribution in [2.45, 2.75) is 19.5 Å². The monoisotopic (exact) mass is 313 g/mol. The first-order valence-electron chi connectivity index (χ1n) is 7.23. The highest BCUT2D eigenvalue weighted by atomic mass is 16.5. The molecule has 0 radical (unpaired) electrons. The molecule has 0 aliphatic rings. The fraction of sp³-hybridized carbons (Fsp3) is 0.176. The van der Waals surface area contributed by atoms with E-state index in [1.807, 2.05) is 37.3 Å². The third kappa shape index (κ3) is 4.82. The van der Waals surface area contributed by atoms with E-state index in [0.29, 0.717) is 12.1 Å². The van der Waals surface area contributed by atoms with Gasteiger partial charge in [0.1, 0.15) is 0 Å². The van der Waals surface area contributed by atoms with E-state index in [0.717, 1.165) is 11.1 Å². The van der Waals surface area contributed by atoms with Gasteiger partial charge < -0.3 is 10.6 Å². The summed E-state index contributed by atoms with van der Waals surface area (Å²) in [6.07, 6.45) is 0. The summed E-state index contributed by atoms with van der Waals surface area (Å²) in [6.45, 7) is 2.30. The molecule has 0 fully saturated rings. The van der Waals surface area contributed by atoms with Crippen LogP contribution in [0, 0.1) is 0 Å². The maximum Gasteiger partial charge on any atom is 0.315 e. The average Bonchev–Trinajstić information content (AvgIpc) is 2.60. The highest BCUT2D eigenvalue weighted by molar-refractivity contribution is 5.93. The number of carbonyl (C=O) groups excluding carboxylic acids is 2. The van der Waals surface area contributed by atoms with Gasteiger partial charge >= 0.3 is 6.03 Å². The van der Waals surface area contributed by atoms with Crippen LogP contribution in [0.3, 0.4) is 0 Å². The van der Waals surface area contributed by atoms with E-state index < -0.39 is 5.91 Å². The molecule has 2 aromatic carbocycles. The first-order valence-corrected chi connectivity index (χ1v) is 7.23. The normalized spacial score (nSPS) is 11.4. The van der Waals surface area contributed by atoms with Gasteiger partial charge in [0.25, 0.3) is 5.91 Å². The summed E-state index contributed by atoms with van der Waals surface area (Å²) >= 11 is 0. The smallest absolute Gasteiger partial charge is 0.315 e. The van der Waals surface area contributed by atoms with Gasteiger partial charge in [0.05, 0.1) is 6.04 Å². The zero-order valence-electron chi connectivity index (χ0n) is 12.7. The molecule has 1 unspecified atom stereocenters. The Balaban J connectivity index is 1.87. The summed E-state index contributed by atoms with van der Waals surface area (Å²) in [6, 6.07) is 15.8. The molecule has 6 nitrogen and oxygen atoms in total. The van der Waals surface area contributed by atoms with Crippen LogP contribution in [0.15, 0.2) is 54.6 Å². The predicted octanol–water partition coefficient (Wildman–Crippen LogP) is 2.37. The number of urea groups is 1. The third-order valence-corrected chi connectivity index (χ3v) is 3.42. The lowest BCUT2D eigenvalue weighted by molar-refractivity contribution is 0.0706. The molecule has 0 spiro atoms. The van der Waals surface area contributed by atoms with Gasteiger partial charge in [-0.1, -0.05) is 42.5 Å². The summed E-state index contributed by atoms with van der Waals surface area (Å²) in [4.78, 5) is 23.2. The SMILES string of the molecule is CC(NC(=O)NCc1ccccc1)c1ccc(C(=O)NO)cc1. The van der Waals surface area contributed by atoms with Gasteiger partial charge in [-0.3, -0.25) is 10.0 Å². The Hall–Kier alpha value is -2.86. The summed E-state index contributed by atoms with van der Waals surface area (Å²) in [5, 5.41) is 14.2. The van der Waals surface area contributed by atoms with Crippen LogP contribution in [0.1, 0.15) is 34.5 Å².